The van der Waals surface area contributed by atoms with E-state index in [1.807, 2.05) is 0 Å². The maximum absolute atomic E-state index is 10.7. The first-order valence-electron chi connectivity index (χ1n) is 4.95. The van der Waals surface area contributed by atoms with Gasteiger partial charge in [0.2, 0.25) is 5.91 Å². The third kappa shape index (κ3) is 3.22. The third-order valence-electron chi connectivity index (χ3n) is 2.20. The van der Waals surface area contributed by atoms with Crippen LogP contribution in [0, 0.1) is 0 Å². The van der Waals surface area contributed by atoms with Gasteiger partial charge in [-0.1, -0.05) is 0 Å². The standard InChI is InChI=1S/C12H15NO4/c1-16-10-5-8(7-14)6-11(17-2)9(10)3-4-12(13)15/h3-6,14H,7H2,1-2H3,(H2,13,15). The van der Waals surface area contributed by atoms with Gasteiger partial charge in [0.1, 0.15) is 11.5 Å². The molecule has 0 saturated carbocycles. The summed E-state index contributed by atoms with van der Waals surface area (Å²) >= 11 is 0. The van der Waals surface area contributed by atoms with Gasteiger partial charge in [0.25, 0.3) is 0 Å². The summed E-state index contributed by atoms with van der Waals surface area (Å²) in [6.45, 7) is -0.119. The Hall–Kier alpha value is -2.01. The number of rotatable bonds is 5. The van der Waals surface area contributed by atoms with E-state index in [2.05, 4.69) is 0 Å². The second-order valence-corrected chi connectivity index (χ2v) is 3.31. The van der Waals surface area contributed by atoms with E-state index >= 15 is 0 Å². The molecule has 1 aromatic rings. The van der Waals surface area contributed by atoms with E-state index in [0.717, 1.165) is 0 Å². The van der Waals surface area contributed by atoms with Crippen LogP contribution >= 0.6 is 0 Å². The van der Waals surface area contributed by atoms with Gasteiger partial charge in [0.15, 0.2) is 0 Å². The van der Waals surface area contributed by atoms with E-state index < -0.39 is 5.91 Å². The van der Waals surface area contributed by atoms with Crippen LogP contribution in [-0.2, 0) is 11.4 Å². The number of hydrogen-bond acceptors (Lipinski definition) is 4. The summed E-state index contributed by atoms with van der Waals surface area (Å²) in [6.07, 6.45) is 2.74. The molecular formula is C12H15NO4. The summed E-state index contributed by atoms with van der Waals surface area (Å²) < 4.78 is 10.3. The van der Waals surface area contributed by atoms with E-state index in [-0.39, 0.29) is 6.61 Å². The van der Waals surface area contributed by atoms with Gasteiger partial charge in [-0.15, -0.1) is 0 Å². The highest BCUT2D eigenvalue weighted by atomic mass is 16.5. The molecule has 0 radical (unpaired) electrons. The molecule has 0 aliphatic carbocycles. The zero-order valence-electron chi connectivity index (χ0n) is 9.77. The largest absolute Gasteiger partial charge is 0.496 e. The molecule has 0 aromatic heterocycles. The smallest absolute Gasteiger partial charge is 0.241 e. The number of carbonyl (C=O) groups excluding carboxylic acids is 1. The van der Waals surface area contributed by atoms with Gasteiger partial charge < -0.3 is 20.3 Å². The van der Waals surface area contributed by atoms with Crippen molar-refractivity contribution in [1.29, 1.82) is 0 Å². The van der Waals surface area contributed by atoms with Gasteiger partial charge in [-0.05, 0) is 23.8 Å². The molecule has 0 aliphatic rings. The number of aliphatic hydroxyl groups is 1. The normalized spacial score (nSPS) is 10.5. The van der Waals surface area contributed by atoms with Crippen molar-refractivity contribution in [1.82, 2.24) is 0 Å². The van der Waals surface area contributed by atoms with Gasteiger partial charge >= 0.3 is 0 Å². The van der Waals surface area contributed by atoms with Gasteiger partial charge in [-0.2, -0.15) is 0 Å². The quantitative estimate of drug-likeness (QED) is 0.738. The number of nitrogens with two attached hydrogens (primary N) is 1. The molecule has 92 valence electrons. The van der Waals surface area contributed by atoms with Crippen LogP contribution in [-0.4, -0.2) is 25.2 Å². The van der Waals surface area contributed by atoms with Crippen LogP contribution in [0.5, 0.6) is 11.5 Å². The first kappa shape index (κ1) is 13.1. The molecule has 0 fully saturated rings. The molecule has 0 bridgehead atoms. The first-order chi connectivity index (χ1) is 8.12. The molecule has 0 unspecified atom stereocenters. The molecule has 0 spiro atoms. The summed E-state index contributed by atoms with van der Waals surface area (Å²) in [4.78, 5) is 10.7. The summed E-state index contributed by atoms with van der Waals surface area (Å²) in [6, 6.07) is 3.34. The Bertz CT molecular complexity index is 415. The Kier molecular flexibility index (Phi) is 4.54. The topological polar surface area (TPSA) is 81.8 Å². The molecule has 0 heterocycles. The lowest BCUT2D eigenvalue weighted by Gasteiger charge is -2.12. The fourth-order valence-corrected chi connectivity index (χ4v) is 1.41. The number of hydrogen-bond donors (Lipinski definition) is 2. The lowest BCUT2D eigenvalue weighted by Crippen LogP contribution is -2.05. The van der Waals surface area contributed by atoms with Crippen molar-refractivity contribution in [3.05, 3.63) is 29.3 Å². The van der Waals surface area contributed by atoms with Crippen LogP contribution < -0.4 is 15.2 Å². The van der Waals surface area contributed by atoms with Crippen LogP contribution in [0.3, 0.4) is 0 Å². The lowest BCUT2D eigenvalue weighted by atomic mass is 10.1. The molecule has 17 heavy (non-hydrogen) atoms. The highest BCUT2D eigenvalue weighted by Gasteiger charge is 2.09. The summed E-state index contributed by atoms with van der Waals surface area (Å²) in [5.74, 6) is 0.456. The van der Waals surface area contributed by atoms with Crippen LogP contribution in [0.2, 0.25) is 0 Å². The highest BCUT2D eigenvalue weighted by Crippen LogP contribution is 2.31. The van der Waals surface area contributed by atoms with E-state index in [1.54, 1.807) is 12.1 Å². The Balaban J connectivity index is 3.29. The molecule has 1 aromatic carbocycles. The second-order valence-electron chi connectivity index (χ2n) is 3.31. The number of aliphatic hydroxyl groups excluding tert-OH is 1. The minimum atomic E-state index is -0.555. The number of ether oxygens (including phenoxy) is 2. The van der Waals surface area contributed by atoms with Crippen molar-refractivity contribution in [3.8, 4) is 11.5 Å². The Morgan fingerprint density at radius 2 is 1.88 bits per heavy atom. The Morgan fingerprint density at radius 1 is 1.35 bits per heavy atom. The molecular weight excluding hydrogens is 222 g/mol. The predicted octanol–water partition coefficient (Wildman–Crippen LogP) is 0.695. The molecule has 5 heteroatoms. The molecule has 0 atom stereocenters. The zero-order valence-corrected chi connectivity index (χ0v) is 9.77. The number of benzene rings is 1. The number of methoxy groups -OCH3 is 2. The van der Waals surface area contributed by atoms with Crippen molar-refractivity contribution in [2.24, 2.45) is 5.73 Å². The predicted molar refractivity (Wildman–Crippen MR) is 63.7 cm³/mol. The molecule has 1 amide bonds. The summed E-state index contributed by atoms with van der Waals surface area (Å²) in [5.41, 5.74) is 6.30. The van der Waals surface area contributed by atoms with Gasteiger partial charge in [0.05, 0.1) is 26.4 Å². The maximum atomic E-state index is 10.7. The van der Waals surface area contributed by atoms with Crippen molar-refractivity contribution in [2.45, 2.75) is 6.61 Å². The average Bonchev–Trinajstić information content (AvgIpc) is 2.34. The Labute approximate surface area is 99.5 Å². The molecule has 0 aliphatic heterocycles. The minimum absolute atomic E-state index is 0.119. The zero-order chi connectivity index (χ0) is 12.8. The minimum Gasteiger partial charge on any atom is -0.496 e. The molecule has 1 rings (SSSR count). The van der Waals surface area contributed by atoms with Gasteiger partial charge in [-0.25, -0.2) is 0 Å². The monoisotopic (exact) mass is 237 g/mol. The number of amides is 1. The molecule has 0 saturated heterocycles. The first-order valence-corrected chi connectivity index (χ1v) is 4.95. The van der Waals surface area contributed by atoms with E-state index in [4.69, 9.17) is 20.3 Å². The van der Waals surface area contributed by atoms with Gasteiger partial charge in [-0.3, -0.25) is 4.79 Å². The fourth-order valence-electron chi connectivity index (χ4n) is 1.41. The van der Waals surface area contributed by atoms with Crippen molar-refractivity contribution < 1.29 is 19.4 Å². The summed E-state index contributed by atoms with van der Waals surface area (Å²) in [5, 5.41) is 9.08. The van der Waals surface area contributed by atoms with E-state index in [9.17, 15) is 4.79 Å². The fraction of sp³-hybridized carbons (Fsp3) is 0.250. The Morgan fingerprint density at radius 3 is 2.24 bits per heavy atom. The van der Waals surface area contributed by atoms with Crippen LogP contribution in [0.1, 0.15) is 11.1 Å². The molecule has 5 nitrogen and oxygen atoms in total. The van der Waals surface area contributed by atoms with Crippen molar-refractivity contribution in [2.75, 3.05) is 14.2 Å². The lowest BCUT2D eigenvalue weighted by molar-refractivity contribution is -0.113. The second kappa shape index (κ2) is 5.91. The van der Waals surface area contributed by atoms with Crippen LogP contribution in [0.4, 0.5) is 0 Å². The number of carbonyl (C=O) groups is 1. The van der Waals surface area contributed by atoms with E-state index in [1.165, 1.54) is 26.4 Å². The van der Waals surface area contributed by atoms with Crippen molar-refractivity contribution in [3.63, 3.8) is 0 Å². The van der Waals surface area contributed by atoms with Crippen LogP contribution in [0.15, 0.2) is 18.2 Å². The SMILES string of the molecule is COc1cc(CO)cc(OC)c1C=CC(N)=O. The van der Waals surface area contributed by atoms with Crippen molar-refractivity contribution >= 4 is 12.0 Å². The number of primary amides is 1. The average molecular weight is 237 g/mol. The third-order valence-corrected chi connectivity index (χ3v) is 2.20. The highest BCUT2D eigenvalue weighted by molar-refractivity contribution is 5.91. The van der Waals surface area contributed by atoms with E-state index in [0.29, 0.717) is 22.6 Å². The summed E-state index contributed by atoms with van der Waals surface area (Å²) in [7, 11) is 3.00. The molecule has 3 N–H and O–H groups in total. The van der Waals surface area contributed by atoms with Crippen LogP contribution in [0.25, 0.3) is 6.08 Å². The van der Waals surface area contributed by atoms with Gasteiger partial charge in [0, 0.05) is 6.08 Å². The maximum Gasteiger partial charge on any atom is 0.241 e.